The molecule has 0 fully saturated rings. The minimum Gasteiger partial charge on any atom is -0.493 e. The number of halogens is 1. The van der Waals surface area contributed by atoms with Crippen LogP contribution in [0, 0.1) is 6.92 Å². The fourth-order valence-electron chi connectivity index (χ4n) is 3.18. The van der Waals surface area contributed by atoms with E-state index in [9.17, 15) is 4.79 Å². The van der Waals surface area contributed by atoms with Gasteiger partial charge in [-0.25, -0.2) is 4.98 Å². The first-order valence-electron chi connectivity index (χ1n) is 10.0. The van der Waals surface area contributed by atoms with E-state index in [0.29, 0.717) is 39.8 Å². The molecule has 0 saturated carbocycles. The highest BCUT2D eigenvalue weighted by atomic mass is 35.5. The third-order valence-corrected chi connectivity index (χ3v) is 5.97. The summed E-state index contributed by atoms with van der Waals surface area (Å²) < 4.78 is 15.9. The van der Waals surface area contributed by atoms with Crippen molar-refractivity contribution in [3.05, 3.63) is 58.3 Å². The van der Waals surface area contributed by atoms with E-state index in [-0.39, 0.29) is 12.3 Å². The lowest BCUT2D eigenvalue weighted by molar-refractivity contribution is -0.116. The topological polar surface area (TPSA) is 99.4 Å². The molecule has 33 heavy (non-hydrogen) atoms. The van der Waals surface area contributed by atoms with Gasteiger partial charge in [0, 0.05) is 33.9 Å². The standard InChI is InChI=1S/C23H21ClN4O4S/c1-13-21(14-4-7-16(24)8-5-14)27-23(33-13)25-19(29)10-11-20-26-22(28-32-20)15-6-9-17(30-2)18(12-15)31-3/h4-9,12H,10-11H2,1-3H3,(H,25,27,29). The molecule has 0 aliphatic rings. The van der Waals surface area contributed by atoms with Crippen LogP contribution in [-0.4, -0.2) is 35.3 Å². The third kappa shape index (κ3) is 5.32. The van der Waals surface area contributed by atoms with Crippen LogP contribution in [0.4, 0.5) is 5.13 Å². The lowest BCUT2D eigenvalue weighted by Crippen LogP contribution is -2.12. The highest BCUT2D eigenvalue weighted by Crippen LogP contribution is 2.32. The monoisotopic (exact) mass is 484 g/mol. The van der Waals surface area contributed by atoms with Crippen molar-refractivity contribution in [2.45, 2.75) is 19.8 Å². The Labute approximate surface area is 199 Å². The molecule has 1 N–H and O–H groups in total. The zero-order valence-electron chi connectivity index (χ0n) is 18.2. The minimum atomic E-state index is -0.183. The molecule has 0 aliphatic carbocycles. The summed E-state index contributed by atoms with van der Waals surface area (Å²) in [6.45, 7) is 1.96. The van der Waals surface area contributed by atoms with Crippen LogP contribution in [0.3, 0.4) is 0 Å². The number of rotatable bonds is 8. The molecule has 10 heteroatoms. The zero-order chi connectivity index (χ0) is 23.4. The molecule has 4 aromatic rings. The number of nitrogens with one attached hydrogen (secondary N) is 1. The second kappa shape index (κ2) is 10.0. The summed E-state index contributed by atoms with van der Waals surface area (Å²) in [4.78, 5) is 22.4. The SMILES string of the molecule is COc1ccc(-c2noc(CCC(=O)Nc3nc(-c4ccc(Cl)cc4)c(C)s3)n2)cc1OC. The van der Waals surface area contributed by atoms with Crippen LogP contribution in [0.15, 0.2) is 47.0 Å². The molecule has 0 radical (unpaired) electrons. The smallest absolute Gasteiger partial charge is 0.227 e. The lowest BCUT2D eigenvalue weighted by atomic mass is 10.1. The normalized spacial score (nSPS) is 10.8. The van der Waals surface area contributed by atoms with E-state index in [1.165, 1.54) is 11.3 Å². The number of carbonyl (C=O) groups excluding carboxylic acids is 1. The average molecular weight is 485 g/mol. The number of aromatic nitrogens is 3. The molecule has 0 bridgehead atoms. The summed E-state index contributed by atoms with van der Waals surface area (Å²) >= 11 is 7.38. The lowest BCUT2D eigenvalue weighted by Gasteiger charge is -2.07. The van der Waals surface area contributed by atoms with E-state index in [2.05, 4.69) is 20.4 Å². The van der Waals surface area contributed by atoms with E-state index in [0.717, 1.165) is 21.7 Å². The van der Waals surface area contributed by atoms with Gasteiger partial charge in [0.2, 0.25) is 17.6 Å². The Morgan fingerprint density at radius 2 is 1.79 bits per heavy atom. The van der Waals surface area contributed by atoms with Gasteiger partial charge in [0.25, 0.3) is 0 Å². The summed E-state index contributed by atoms with van der Waals surface area (Å²) in [7, 11) is 3.13. The third-order valence-electron chi connectivity index (χ3n) is 4.84. The maximum absolute atomic E-state index is 12.4. The van der Waals surface area contributed by atoms with Gasteiger partial charge < -0.3 is 19.3 Å². The summed E-state index contributed by atoms with van der Waals surface area (Å²) in [6, 6.07) is 12.8. The van der Waals surface area contributed by atoms with Crippen LogP contribution in [0.25, 0.3) is 22.6 Å². The van der Waals surface area contributed by atoms with E-state index >= 15 is 0 Å². The van der Waals surface area contributed by atoms with Gasteiger partial charge in [-0.2, -0.15) is 4.98 Å². The highest BCUT2D eigenvalue weighted by Gasteiger charge is 2.15. The molecule has 0 aliphatic heterocycles. The van der Waals surface area contributed by atoms with Crippen molar-refractivity contribution in [1.82, 2.24) is 15.1 Å². The van der Waals surface area contributed by atoms with Crippen molar-refractivity contribution < 1.29 is 18.8 Å². The van der Waals surface area contributed by atoms with Crippen molar-refractivity contribution in [3.8, 4) is 34.1 Å². The van der Waals surface area contributed by atoms with Crippen molar-refractivity contribution in [2.24, 2.45) is 0 Å². The first-order valence-corrected chi connectivity index (χ1v) is 11.2. The predicted molar refractivity (Wildman–Crippen MR) is 127 cm³/mol. The number of aryl methyl sites for hydroxylation is 2. The first kappa shape index (κ1) is 22.8. The second-order valence-corrected chi connectivity index (χ2v) is 8.70. The Morgan fingerprint density at radius 1 is 1.06 bits per heavy atom. The van der Waals surface area contributed by atoms with Gasteiger partial charge in [0.05, 0.1) is 19.9 Å². The number of thiazole rings is 1. The molecule has 4 rings (SSSR count). The van der Waals surface area contributed by atoms with E-state index in [1.807, 2.05) is 37.3 Å². The molecule has 0 spiro atoms. The number of ether oxygens (including phenoxy) is 2. The van der Waals surface area contributed by atoms with Gasteiger partial charge in [0.15, 0.2) is 16.6 Å². The molecular weight excluding hydrogens is 464 g/mol. The highest BCUT2D eigenvalue weighted by molar-refractivity contribution is 7.16. The van der Waals surface area contributed by atoms with Crippen LogP contribution < -0.4 is 14.8 Å². The quantitative estimate of drug-likeness (QED) is 0.357. The Bertz CT molecular complexity index is 1270. The van der Waals surface area contributed by atoms with Gasteiger partial charge in [-0.3, -0.25) is 4.79 Å². The fourth-order valence-corrected chi connectivity index (χ4v) is 4.15. The van der Waals surface area contributed by atoms with E-state index in [1.54, 1.807) is 26.4 Å². The fraction of sp³-hybridized carbons (Fsp3) is 0.217. The summed E-state index contributed by atoms with van der Waals surface area (Å²) in [5, 5.41) is 8.05. The first-order chi connectivity index (χ1) is 16.0. The molecule has 0 unspecified atom stereocenters. The zero-order valence-corrected chi connectivity index (χ0v) is 19.8. The molecule has 2 aromatic heterocycles. The maximum atomic E-state index is 12.4. The number of hydrogen-bond acceptors (Lipinski definition) is 8. The Kier molecular flexibility index (Phi) is 6.90. The average Bonchev–Trinajstić information content (AvgIpc) is 3.44. The Balaban J connectivity index is 1.37. The molecule has 2 heterocycles. The van der Waals surface area contributed by atoms with Crippen LogP contribution >= 0.6 is 22.9 Å². The molecular formula is C23H21ClN4O4S. The number of hydrogen-bond donors (Lipinski definition) is 1. The number of amides is 1. The van der Waals surface area contributed by atoms with Gasteiger partial charge in [-0.15, -0.1) is 11.3 Å². The predicted octanol–water partition coefficient (Wildman–Crippen LogP) is 5.41. The minimum absolute atomic E-state index is 0.183. The number of carbonyl (C=O) groups is 1. The van der Waals surface area contributed by atoms with Gasteiger partial charge in [-0.1, -0.05) is 28.9 Å². The Hall–Kier alpha value is -3.43. The van der Waals surface area contributed by atoms with Crippen LogP contribution in [0.5, 0.6) is 11.5 Å². The molecule has 0 atom stereocenters. The van der Waals surface area contributed by atoms with Gasteiger partial charge >= 0.3 is 0 Å². The van der Waals surface area contributed by atoms with Crippen LogP contribution in [-0.2, 0) is 11.2 Å². The Morgan fingerprint density at radius 3 is 2.52 bits per heavy atom. The maximum Gasteiger partial charge on any atom is 0.227 e. The van der Waals surface area contributed by atoms with Crippen molar-refractivity contribution >= 4 is 34.0 Å². The number of nitrogens with zero attached hydrogens (tertiary/aromatic N) is 3. The number of anilines is 1. The summed E-state index contributed by atoms with van der Waals surface area (Å²) in [6.07, 6.45) is 0.489. The largest absolute Gasteiger partial charge is 0.493 e. The van der Waals surface area contributed by atoms with Crippen LogP contribution in [0.2, 0.25) is 5.02 Å². The molecule has 0 saturated heterocycles. The molecule has 2 aromatic carbocycles. The number of methoxy groups -OCH3 is 2. The molecule has 170 valence electrons. The molecule has 8 nitrogen and oxygen atoms in total. The summed E-state index contributed by atoms with van der Waals surface area (Å²) in [5.41, 5.74) is 2.49. The number of benzene rings is 2. The van der Waals surface area contributed by atoms with Crippen molar-refractivity contribution in [3.63, 3.8) is 0 Å². The molecule has 1 amide bonds. The summed E-state index contributed by atoms with van der Waals surface area (Å²) in [5.74, 6) is 1.77. The van der Waals surface area contributed by atoms with Crippen molar-refractivity contribution in [1.29, 1.82) is 0 Å². The second-order valence-electron chi connectivity index (χ2n) is 7.06. The van der Waals surface area contributed by atoms with E-state index < -0.39 is 0 Å². The van der Waals surface area contributed by atoms with Crippen LogP contribution in [0.1, 0.15) is 17.2 Å². The van der Waals surface area contributed by atoms with Gasteiger partial charge in [0.1, 0.15) is 0 Å². The van der Waals surface area contributed by atoms with Crippen molar-refractivity contribution in [2.75, 3.05) is 19.5 Å². The van der Waals surface area contributed by atoms with Gasteiger partial charge in [-0.05, 0) is 37.3 Å². The van der Waals surface area contributed by atoms with E-state index in [4.69, 9.17) is 25.6 Å².